The van der Waals surface area contributed by atoms with Gasteiger partial charge in [-0.15, -0.1) is 0 Å². The highest BCUT2D eigenvalue weighted by atomic mass is 16.5. The molecule has 0 bridgehead atoms. The van der Waals surface area contributed by atoms with Gasteiger partial charge in [-0.2, -0.15) is 0 Å². The summed E-state index contributed by atoms with van der Waals surface area (Å²) in [5.74, 6) is 3.44. The highest BCUT2D eigenvalue weighted by Gasteiger charge is 2.42. The average molecular weight is 775 g/mol. The van der Waals surface area contributed by atoms with Gasteiger partial charge >= 0.3 is 0 Å². The molecule has 0 saturated carbocycles. The monoisotopic (exact) mass is 774 g/mol. The standard InChI is InChI=1S/C58H35BO2/c1-3-18-36(19-4-1)52-38-22-7-11-26-42(38)54(43-27-12-8-23-39(43)52)46-30-15-32-48-57(46)60-50-34-17-35-51-56(50)59(48)49-33-16-31-47(58(49)61-51)55-44-28-13-9-24-40(44)53(37-20-5-2-6-21-37)41-25-10-14-29-45(41)55/h1-35H. The van der Waals surface area contributed by atoms with E-state index < -0.39 is 0 Å². The Balaban J connectivity index is 1.07. The number of para-hydroxylation sites is 2. The van der Waals surface area contributed by atoms with Gasteiger partial charge in [-0.05, 0) is 88.4 Å². The molecule has 0 fully saturated rings. The lowest BCUT2D eigenvalue weighted by molar-refractivity contribution is 0.466. The zero-order chi connectivity index (χ0) is 40.0. The van der Waals surface area contributed by atoms with Crippen LogP contribution in [0, 0.1) is 0 Å². The quantitative estimate of drug-likeness (QED) is 0.131. The van der Waals surface area contributed by atoms with Crippen LogP contribution in [0.4, 0.5) is 0 Å². The third-order valence-electron chi connectivity index (χ3n) is 13.0. The Morgan fingerprint density at radius 3 is 0.934 bits per heavy atom. The first kappa shape index (κ1) is 34.0. The Kier molecular flexibility index (Phi) is 7.43. The van der Waals surface area contributed by atoms with Gasteiger partial charge in [0.25, 0.3) is 6.71 Å². The highest BCUT2D eigenvalue weighted by Crippen LogP contribution is 2.50. The third-order valence-corrected chi connectivity index (χ3v) is 13.0. The first-order chi connectivity index (χ1) is 30.3. The predicted octanol–water partition coefficient (Wildman–Crippen LogP) is 13.7. The van der Waals surface area contributed by atoms with Crippen LogP contribution in [0.5, 0.6) is 23.0 Å². The van der Waals surface area contributed by atoms with Gasteiger partial charge in [0.2, 0.25) is 0 Å². The normalized spacial score (nSPS) is 12.5. The van der Waals surface area contributed by atoms with Gasteiger partial charge in [0, 0.05) is 27.7 Å². The summed E-state index contributed by atoms with van der Waals surface area (Å²) in [6.07, 6.45) is 0. The van der Waals surface area contributed by atoms with Crippen LogP contribution in [0.25, 0.3) is 87.6 Å². The smallest absolute Gasteiger partial charge is 0.260 e. The lowest BCUT2D eigenvalue weighted by Crippen LogP contribution is -2.57. The van der Waals surface area contributed by atoms with Crippen LogP contribution in [-0.4, -0.2) is 6.71 Å². The van der Waals surface area contributed by atoms with Gasteiger partial charge in [0.05, 0.1) is 0 Å². The second kappa shape index (κ2) is 13.3. The molecule has 0 N–H and O–H groups in total. The molecule has 0 spiro atoms. The topological polar surface area (TPSA) is 18.5 Å². The Labute approximate surface area is 354 Å². The lowest BCUT2D eigenvalue weighted by atomic mass is 9.34. The minimum atomic E-state index is -0.110. The molecule has 11 aromatic carbocycles. The number of ether oxygens (including phenoxy) is 2. The van der Waals surface area contributed by atoms with E-state index >= 15 is 0 Å². The van der Waals surface area contributed by atoms with Gasteiger partial charge < -0.3 is 9.47 Å². The maximum absolute atomic E-state index is 7.14. The fourth-order valence-corrected chi connectivity index (χ4v) is 10.5. The van der Waals surface area contributed by atoms with E-state index in [0.717, 1.165) is 50.5 Å². The summed E-state index contributed by atoms with van der Waals surface area (Å²) in [4.78, 5) is 0. The van der Waals surface area contributed by atoms with Crippen molar-refractivity contribution >= 4 is 66.2 Å². The van der Waals surface area contributed by atoms with Crippen LogP contribution in [0.15, 0.2) is 212 Å². The van der Waals surface area contributed by atoms with Crippen molar-refractivity contribution in [2.24, 2.45) is 0 Å². The zero-order valence-corrected chi connectivity index (χ0v) is 33.1. The van der Waals surface area contributed by atoms with Crippen LogP contribution in [-0.2, 0) is 0 Å². The molecule has 2 heterocycles. The van der Waals surface area contributed by atoms with Crippen LogP contribution in [0.1, 0.15) is 0 Å². The van der Waals surface area contributed by atoms with Crippen molar-refractivity contribution in [3.8, 4) is 67.5 Å². The fourth-order valence-electron chi connectivity index (χ4n) is 10.5. The maximum Gasteiger partial charge on any atom is 0.260 e. The molecular formula is C58H35BO2. The molecule has 13 rings (SSSR count). The number of fused-ring (bicyclic) bond motifs is 8. The van der Waals surface area contributed by atoms with Crippen LogP contribution >= 0.6 is 0 Å². The van der Waals surface area contributed by atoms with Crippen LogP contribution in [0.3, 0.4) is 0 Å². The van der Waals surface area contributed by atoms with Crippen molar-refractivity contribution in [3.05, 3.63) is 212 Å². The Morgan fingerprint density at radius 2 is 0.574 bits per heavy atom. The van der Waals surface area contributed by atoms with Gasteiger partial charge in [-0.25, -0.2) is 0 Å². The largest absolute Gasteiger partial charge is 0.458 e. The molecule has 0 aliphatic carbocycles. The van der Waals surface area contributed by atoms with Gasteiger partial charge in [-0.3, -0.25) is 0 Å². The summed E-state index contributed by atoms with van der Waals surface area (Å²) in [7, 11) is 0. The van der Waals surface area contributed by atoms with Gasteiger partial charge in [0.15, 0.2) is 0 Å². The second-order valence-electron chi connectivity index (χ2n) is 16.2. The third kappa shape index (κ3) is 4.98. The van der Waals surface area contributed by atoms with E-state index in [-0.39, 0.29) is 6.71 Å². The van der Waals surface area contributed by atoms with Gasteiger partial charge in [0.1, 0.15) is 23.0 Å². The molecule has 11 aromatic rings. The summed E-state index contributed by atoms with van der Waals surface area (Å²) in [5, 5.41) is 9.67. The minimum Gasteiger partial charge on any atom is -0.458 e. The molecule has 2 nitrogen and oxygen atoms in total. The van der Waals surface area contributed by atoms with E-state index in [1.54, 1.807) is 0 Å². The molecule has 2 aliphatic rings. The minimum absolute atomic E-state index is 0.110. The van der Waals surface area contributed by atoms with Crippen molar-refractivity contribution in [1.82, 2.24) is 0 Å². The maximum atomic E-state index is 7.14. The molecule has 61 heavy (non-hydrogen) atoms. The fraction of sp³-hybridized carbons (Fsp3) is 0. The number of hydrogen-bond donors (Lipinski definition) is 0. The van der Waals surface area contributed by atoms with Gasteiger partial charge in [-0.1, -0.05) is 200 Å². The summed E-state index contributed by atoms with van der Waals surface area (Å²) in [6.45, 7) is -0.110. The van der Waals surface area contributed by atoms with E-state index in [0.29, 0.717) is 0 Å². The number of rotatable bonds is 4. The highest BCUT2D eigenvalue weighted by molar-refractivity contribution is 6.98. The first-order valence-electron chi connectivity index (χ1n) is 21.0. The van der Waals surface area contributed by atoms with Crippen LogP contribution < -0.4 is 25.9 Å². The first-order valence-corrected chi connectivity index (χ1v) is 21.0. The molecule has 0 atom stereocenters. The average Bonchev–Trinajstić information content (AvgIpc) is 3.32. The molecule has 0 amide bonds. The Bertz CT molecular complexity index is 3250. The molecule has 0 unspecified atom stereocenters. The molecule has 0 saturated heterocycles. The number of hydrogen-bond acceptors (Lipinski definition) is 2. The molecule has 3 heteroatoms. The van der Waals surface area contributed by atoms with Crippen LogP contribution in [0.2, 0.25) is 0 Å². The molecule has 282 valence electrons. The van der Waals surface area contributed by atoms with Crippen molar-refractivity contribution in [1.29, 1.82) is 0 Å². The van der Waals surface area contributed by atoms with Crippen molar-refractivity contribution < 1.29 is 9.47 Å². The molecule has 0 radical (unpaired) electrons. The van der Waals surface area contributed by atoms with E-state index in [4.69, 9.17) is 9.47 Å². The SMILES string of the molecule is c1ccc(-c2c3ccccc3c(-c3cccc4c3Oc3cccc5c3B4c3cccc(-c4c6ccccc6c(-c6ccccc6)c6ccccc46)c3O5)c3ccccc23)cc1. The zero-order valence-electron chi connectivity index (χ0n) is 33.1. The van der Waals surface area contributed by atoms with Crippen molar-refractivity contribution in [3.63, 3.8) is 0 Å². The van der Waals surface area contributed by atoms with E-state index in [2.05, 4.69) is 212 Å². The summed E-state index contributed by atoms with van der Waals surface area (Å²) >= 11 is 0. The summed E-state index contributed by atoms with van der Waals surface area (Å²) in [6, 6.07) is 76.6. The van der Waals surface area contributed by atoms with Crippen molar-refractivity contribution in [2.45, 2.75) is 0 Å². The summed E-state index contributed by atoms with van der Waals surface area (Å²) < 4.78 is 14.3. The molecule has 0 aromatic heterocycles. The Hall–Kier alpha value is -7.88. The Morgan fingerprint density at radius 1 is 0.262 bits per heavy atom. The second-order valence-corrected chi connectivity index (χ2v) is 16.2. The number of benzene rings is 11. The lowest BCUT2D eigenvalue weighted by Gasteiger charge is -2.35. The molecular weight excluding hydrogens is 739 g/mol. The van der Waals surface area contributed by atoms with Crippen molar-refractivity contribution in [2.75, 3.05) is 0 Å². The summed E-state index contributed by atoms with van der Waals surface area (Å²) in [5.41, 5.74) is 12.8. The van der Waals surface area contributed by atoms with E-state index in [1.165, 1.54) is 76.5 Å². The van der Waals surface area contributed by atoms with E-state index in [1.807, 2.05) is 0 Å². The van der Waals surface area contributed by atoms with E-state index in [9.17, 15) is 0 Å². The predicted molar refractivity (Wildman–Crippen MR) is 256 cm³/mol. The molecule has 2 aliphatic heterocycles.